The van der Waals surface area contributed by atoms with Gasteiger partial charge in [-0.25, -0.2) is 9.98 Å². The minimum absolute atomic E-state index is 0.00347. The molecule has 0 aliphatic carbocycles. The van der Waals surface area contributed by atoms with Crippen LogP contribution in [0.4, 0.5) is 0 Å². The molecule has 0 spiro atoms. The van der Waals surface area contributed by atoms with E-state index in [1.165, 1.54) is 23.1 Å². The van der Waals surface area contributed by atoms with Crippen LogP contribution in [0.25, 0.3) is 0 Å². The van der Waals surface area contributed by atoms with Gasteiger partial charge >= 0.3 is 0 Å². The molecule has 0 aliphatic rings. The van der Waals surface area contributed by atoms with Crippen molar-refractivity contribution >= 4 is 57.8 Å². The summed E-state index contributed by atoms with van der Waals surface area (Å²) in [6.45, 7) is 3.80. The Morgan fingerprint density at radius 3 is 1.60 bits per heavy atom. The third-order valence-electron chi connectivity index (χ3n) is 2.10. The van der Waals surface area contributed by atoms with Gasteiger partial charge in [-0.2, -0.15) is 0 Å². The maximum atomic E-state index is 4.44. The maximum absolute atomic E-state index is 4.44. The van der Waals surface area contributed by atoms with Crippen LogP contribution >= 0.6 is 47.5 Å². The van der Waals surface area contributed by atoms with Gasteiger partial charge < -0.3 is 0 Å². The van der Waals surface area contributed by atoms with Crippen LogP contribution in [0.5, 0.6) is 0 Å². The number of aliphatic imine (C=N–C) groups is 2. The third-order valence-corrected chi connectivity index (χ3v) is 3.36. The number of hydrogen-bond donors (Lipinski definition) is 0. The molecule has 0 aromatic carbocycles. The SMILES string of the molecule is C[C@@H](N=C=S)c1csnn1.C[C@H](N=C=S)c1csnn1. The van der Waals surface area contributed by atoms with Crippen molar-refractivity contribution in [2.45, 2.75) is 25.9 Å². The molecule has 2 atom stereocenters. The molecule has 2 aromatic rings. The fourth-order valence-corrected chi connectivity index (χ4v) is 2.40. The summed E-state index contributed by atoms with van der Waals surface area (Å²) >= 11 is 11.5. The Labute approximate surface area is 135 Å². The lowest BCUT2D eigenvalue weighted by molar-refractivity contribution is 0.781. The highest BCUT2D eigenvalue weighted by Gasteiger charge is 2.04. The third kappa shape index (κ3) is 5.79. The fourth-order valence-electron chi connectivity index (χ4n) is 0.998. The molecule has 0 saturated heterocycles. The summed E-state index contributed by atoms with van der Waals surface area (Å²) in [6.07, 6.45) is 0. The van der Waals surface area contributed by atoms with E-state index < -0.39 is 0 Å². The Balaban J connectivity index is 0.000000200. The largest absolute Gasteiger partial charge is 0.223 e. The number of thiocarbonyl (C=S) groups is 2. The molecule has 10 heteroatoms. The number of nitrogens with zero attached hydrogens (tertiary/aromatic N) is 6. The second-order valence-corrected chi connectivity index (χ2v) is 5.04. The average Bonchev–Trinajstić information content (AvgIpc) is 3.14. The second kappa shape index (κ2) is 9.60. The predicted octanol–water partition coefficient (Wildman–Crippen LogP) is 3.40. The van der Waals surface area contributed by atoms with E-state index in [4.69, 9.17) is 0 Å². The highest BCUT2D eigenvalue weighted by atomic mass is 32.1. The maximum Gasteiger partial charge on any atom is 0.102 e. The summed E-state index contributed by atoms with van der Waals surface area (Å²) in [4.78, 5) is 7.67. The monoisotopic (exact) mass is 342 g/mol. The van der Waals surface area contributed by atoms with Gasteiger partial charge in [-0.3, -0.25) is 0 Å². The number of isothiocyanates is 2. The van der Waals surface area contributed by atoms with Gasteiger partial charge in [-0.05, 0) is 61.3 Å². The van der Waals surface area contributed by atoms with Gasteiger partial charge in [0, 0.05) is 10.8 Å². The Morgan fingerprint density at radius 2 is 1.35 bits per heavy atom. The topological polar surface area (TPSA) is 76.3 Å². The summed E-state index contributed by atoms with van der Waals surface area (Å²) in [5, 5.41) is 15.9. The first kappa shape index (κ1) is 16.8. The minimum atomic E-state index is -0.00347. The molecule has 0 N–H and O–H groups in total. The van der Waals surface area contributed by atoms with Crippen molar-refractivity contribution < 1.29 is 0 Å². The van der Waals surface area contributed by atoms with Gasteiger partial charge in [-0.15, -0.1) is 10.2 Å². The molecule has 2 aromatic heterocycles. The smallest absolute Gasteiger partial charge is 0.102 e. The Kier molecular flexibility index (Phi) is 8.05. The Hall–Kier alpha value is -1.28. The van der Waals surface area contributed by atoms with Crippen LogP contribution in [0.3, 0.4) is 0 Å². The first-order valence-corrected chi connectivity index (χ1v) is 7.85. The zero-order valence-corrected chi connectivity index (χ0v) is 13.9. The lowest BCUT2D eigenvalue weighted by atomic mass is 10.3. The van der Waals surface area contributed by atoms with Gasteiger partial charge in [0.05, 0.1) is 10.3 Å². The first-order valence-electron chi connectivity index (χ1n) is 5.37. The molecule has 20 heavy (non-hydrogen) atoms. The van der Waals surface area contributed by atoms with Gasteiger partial charge in [0.1, 0.15) is 23.5 Å². The highest BCUT2D eigenvalue weighted by molar-refractivity contribution is 7.78. The van der Waals surface area contributed by atoms with Crippen LogP contribution in [0.2, 0.25) is 0 Å². The van der Waals surface area contributed by atoms with Crippen LogP contribution in [0.1, 0.15) is 37.3 Å². The summed E-state index contributed by atoms with van der Waals surface area (Å²) in [6, 6.07) is -0.00694. The van der Waals surface area contributed by atoms with Crippen LogP contribution in [-0.2, 0) is 0 Å². The molecule has 2 heterocycles. The summed E-state index contributed by atoms with van der Waals surface area (Å²) in [7, 11) is 0. The van der Waals surface area contributed by atoms with Crippen molar-refractivity contribution in [3.8, 4) is 0 Å². The van der Waals surface area contributed by atoms with Crippen molar-refractivity contribution in [2.24, 2.45) is 9.98 Å². The van der Waals surface area contributed by atoms with E-state index in [0.29, 0.717) is 0 Å². The van der Waals surface area contributed by atoms with E-state index in [1.54, 1.807) is 0 Å². The van der Waals surface area contributed by atoms with Gasteiger partial charge in [0.2, 0.25) is 0 Å². The van der Waals surface area contributed by atoms with E-state index in [9.17, 15) is 0 Å². The van der Waals surface area contributed by atoms with E-state index in [2.05, 4.69) is 63.9 Å². The molecule has 0 amide bonds. The molecule has 0 saturated carbocycles. The lowest BCUT2D eigenvalue weighted by Crippen LogP contribution is -1.88. The lowest BCUT2D eigenvalue weighted by Gasteiger charge is -1.94. The number of hydrogen-bond acceptors (Lipinski definition) is 10. The molecule has 0 unspecified atom stereocenters. The molecule has 2 rings (SSSR count). The average molecular weight is 343 g/mol. The van der Waals surface area contributed by atoms with E-state index in [0.717, 1.165) is 11.4 Å². The summed E-state index contributed by atoms with van der Waals surface area (Å²) in [5.74, 6) is 0. The molecule has 0 bridgehead atoms. The van der Waals surface area contributed by atoms with Crippen LogP contribution < -0.4 is 0 Å². The zero-order chi connectivity index (χ0) is 14.8. The van der Waals surface area contributed by atoms with Gasteiger partial charge in [0.15, 0.2) is 0 Å². The van der Waals surface area contributed by atoms with Gasteiger partial charge in [0.25, 0.3) is 0 Å². The summed E-state index contributed by atoms with van der Waals surface area (Å²) < 4.78 is 7.39. The van der Waals surface area contributed by atoms with E-state index in [1.807, 2.05) is 24.6 Å². The predicted molar refractivity (Wildman–Crippen MR) is 86.7 cm³/mol. The van der Waals surface area contributed by atoms with Crippen molar-refractivity contribution in [3.05, 3.63) is 22.1 Å². The molecule has 0 aliphatic heterocycles. The Bertz CT molecular complexity index is 529. The first-order chi connectivity index (χ1) is 9.69. The van der Waals surface area contributed by atoms with Crippen molar-refractivity contribution in [1.82, 2.24) is 19.2 Å². The van der Waals surface area contributed by atoms with E-state index >= 15 is 0 Å². The molecule has 104 valence electrons. The highest BCUT2D eigenvalue weighted by Crippen LogP contribution is 2.13. The van der Waals surface area contributed by atoms with Crippen molar-refractivity contribution in [3.63, 3.8) is 0 Å². The molecule has 6 nitrogen and oxygen atoms in total. The molecular weight excluding hydrogens is 332 g/mol. The number of aromatic nitrogens is 4. The van der Waals surface area contributed by atoms with Gasteiger partial charge in [-0.1, -0.05) is 8.98 Å². The van der Waals surface area contributed by atoms with Crippen LogP contribution in [0.15, 0.2) is 20.7 Å². The van der Waals surface area contributed by atoms with Crippen LogP contribution in [-0.4, -0.2) is 29.5 Å². The minimum Gasteiger partial charge on any atom is -0.223 e. The standard InChI is InChI=1S/2C5H5N3S2/c2*1-4(6-3-9)5-2-10-8-7-5/h2*2,4H,1H3/t2*4-/m10/s1. The Morgan fingerprint density at radius 1 is 0.950 bits per heavy atom. The number of rotatable bonds is 4. The fraction of sp³-hybridized carbons (Fsp3) is 0.400. The van der Waals surface area contributed by atoms with Crippen molar-refractivity contribution in [1.29, 1.82) is 0 Å². The molecule has 0 fully saturated rings. The summed E-state index contributed by atoms with van der Waals surface area (Å²) in [5.41, 5.74) is 1.70. The quantitative estimate of drug-likeness (QED) is 0.626. The molecule has 0 radical (unpaired) electrons. The van der Waals surface area contributed by atoms with Crippen LogP contribution in [0, 0.1) is 0 Å². The van der Waals surface area contributed by atoms with E-state index in [-0.39, 0.29) is 12.1 Å². The zero-order valence-electron chi connectivity index (χ0n) is 10.6. The molecular formula is C10H10N6S4. The normalized spacial score (nSPS) is 12.1. The second-order valence-electron chi connectivity index (χ2n) is 3.45. The van der Waals surface area contributed by atoms with Crippen molar-refractivity contribution in [2.75, 3.05) is 0 Å².